The average Bonchev–Trinajstić information content (AvgIpc) is 2.29. The molecule has 1 heterocycles. The Hall–Kier alpha value is -1.54. The first kappa shape index (κ1) is 13.5. The Morgan fingerprint density at radius 3 is 2.82 bits per heavy atom. The van der Waals surface area contributed by atoms with E-state index in [4.69, 9.17) is 16.3 Å². The van der Waals surface area contributed by atoms with E-state index >= 15 is 0 Å². The molecule has 1 amide bonds. The third-order valence-electron chi connectivity index (χ3n) is 2.64. The zero-order chi connectivity index (χ0) is 12.7. The van der Waals surface area contributed by atoms with Gasteiger partial charge in [0, 0.05) is 13.0 Å². The highest BCUT2D eigenvalue weighted by molar-refractivity contribution is 5.83. The number of carbonyl (C=O) groups is 2. The first-order valence-electron chi connectivity index (χ1n) is 5.70. The number of nitrogens with one attached hydrogen (secondary N) is 1. The van der Waals surface area contributed by atoms with Gasteiger partial charge in [-0.1, -0.05) is 0 Å². The molecule has 1 rings (SSSR count). The molecular weight excluding hydrogens is 222 g/mol. The van der Waals surface area contributed by atoms with Crippen molar-refractivity contribution in [2.75, 3.05) is 6.61 Å². The Kier molecular flexibility index (Phi) is 5.50. The number of terminal acetylenes is 1. The molecule has 5 nitrogen and oxygen atoms in total. The maximum Gasteiger partial charge on any atom is 0.327 e. The molecule has 2 atom stereocenters. The number of carbonyl (C=O) groups excluding carboxylic acids is 1. The van der Waals surface area contributed by atoms with Crippen LogP contribution in [0.2, 0.25) is 0 Å². The van der Waals surface area contributed by atoms with Crippen molar-refractivity contribution in [1.82, 2.24) is 5.32 Å². The Labute approximate surface area is 101 Å². The maximum absolute atomic E-state index is 11.6. The number of aliphatic carboxylic acids is 1. The average molecular weight is 239 g/mol. The van der Waals surface area contributed by atoms with Crippen LogP contribution in [-0.4, -0.2) is 35.7 Å². The minimum Gasteiger partial charge on any atom is -0.480 e. The predicted octanol–water partition coefficient (Wildman–Crippen LogP) is 0.538. The lowest BCUT2D eigenvalue weighted by atomic mass is 10.1. The van der Waals surface area contributed by atoms with Gasteiger partial charge in [0.05, 0.1) is 12.5 Å². The molecule has 0 aromatic heterocycles. The molecular formula is C12H17NO4. The van der Waals surface area contributed by atoms with E-state index < -0.39 is 12.0 Å². The van der Waals surface area contributed by atoms with E-state index in [9.17, 15) is 9.59 Å². The van der Waals surface area contributed by atoms with E-state index in [1.54, 1.807) is 0 Å². The Bertz CT molecular complexity index is 315. The van der Waals surface area contributed by atoms with Crippen molar-refractivity contribution in [3.8, 4) is 12.3 Å². The molecule has 0 aromatic carbocycles. The molecule has 2 N–H and O–H groups in total. The van der Waals surface area contributed by atoms with Gasteiger partial charge in [-0.15, -0.1) is 12.3 Å². The van der Waals surface area contributed by atoms with Crippen molar-refractivity contribution in [1.29, 1.82) is 0 Å². The zero-order valence-electron chi connectivity index (χ0n) is 9.65. The number of amides is 1. The second kappa shape index (κ2) is 6.92. The summed E-state index contributed by atoms with van der Waals surface area (Å²) < 4.78 is 5.40. The van der Waals surface area contributed by atoms with Crippen LogP contribution in [0.5, 0.6) is 0 Å². The van der Waals surface area contributed by atoms with Crippen LogP contribution in [0.4, 0.5) is 0 Å². The van der Waals surface area contributed by atoms with E-state index in [1.165, 1.54) is 0 Å². The summed E-state index contributed by atoms with van der Waals surface area (Å²) in [6, 6.07) is -1.00. The number of ether oxygens (including phenoxy) is 1. The van der Waals surface area contributed by atoms with Gasteiger partial charge in [0.15, 0.2) is 0 Å². The standard InChI is InChI=1S/C12H17NO4/c1-2-5-10(12(15)16)13-11(14)8-9-6-3-4-7-17-9/h1,9-10H,3-8H2,(H,13,14)(H,15,16). The summed E-state index contributed by atoms with van der Waals surface area (Å²) in [6.07, 6.45) is 8.05. The van der Waals surface area contributed by atoms with E-state index in [-0.39, 0.29) is 24.9 Å². The lowest BCUT2D eigenvalue weighted by Crippen LogP contribution is -2.42. The van der Waals surface area contributed by atoms with Crippen LogP contribution >= 0.6 is 0 Å². The van der Waals surface area contributed by atoms with Crippen LogP contribution in [0, 0.1) is 12.3 Å². The highest BCUT2D eigenvalue weighted by Crippen LogP contribution is 2.15. The van der Waals surface area contributed by atoms with E-state index in [0.29, 0.717) is 6.61 Å². The normalized spacial score (nSPS) is 21.2. The molecule has 1 aliphatic rings. The zero-order valence-corrected chi connectivity index (χ0v) is 9.65. The lowest BCUT2D eigenvalue weighted by molar-refractivity contribution is -0.142. The molecule has 0 spiro atoms. The van der Waals surface area contributed by atoms with Gasteiger partial charge in [-0.05, 0) is 19.3 Å². The van der Waals surface area contributed by atoms with Crippen LogP contribution < -0.4 is 5.32 Å². The number of carboxylic acids is 1. The van der Waals surface area contributed by atoms with Gasteiger partial charge >= 0.3 is 5.97 Å². The molecule has 94 valence electrons. The summed E-state index contributed by atoms with van der Waals surface area (Å²) in [7, 11) is 0. The minimum atomic E-state index is -1.11. The van der Waals surface area contributed by atoms with Crippen LogP contribution in [0.15, 0.2) is 0 Å². The van der Waals surface area contributed by atoms with Crippen LogP contribution in [-0.2, 0) is 14.3 Å². The van der Waals surface area contributed by atoms with Crippen LogP contribution in [0.25, 0.3) is 0 Å². The molecule has 1 aliphatic heterocycles. The smallest absolute Gasteiger partial charge is 0.327 e. The largest absolute Gasteiger partial charge is 0.480 e. The quantitative estimate of drug-likeness (QED) is 0.686. The van der Waals surface area contributed by atoms with Gasteiger partial charge in [-0.25, -0.2) is 4.79 Å². The topological polar surface area (TPSA) is 75.6 Å². The molecule has 5 heteroatoms. The molecule has 1 fully saturated rings. The van der Waals surface area contributed by atoms with Gasteiger partial charge < -0.3 is 15.2 Å². The van der Waals surface area contributed by atoms with Gasteiger partial charge in [-0.2, -0.15) is 0 Å². The van der Waals surface area contributed by atoms with Crippen molar-refractivity contribution >= 4 is 11.9 Å². The highest BCUT2D eigenvalue weighted by Gasteiger charge is 2.22. The van der Waals surface area contributed by atoms with E-state index in [1.807, 2.05) is 0 Å². The van der Waals surface area contributed by atoms with Crippen molar-refractivity contribution < 1.29 is 19.4 Å². The summed E-state index contributed by atoms with van der Waals surface area (Å²) in [5.41, 5.74) is 0. The van der Waals surface area contributed by atoms with Crippen molar-refractivity contribution in [2.24, 2.45) is 0 Å². The second-order valence-corrected chi connectivity index (χ2v) is 4.06. The first-order valence-corrected chi connectivity index (χ1v) is 5.70. The maximum atomic E-state index is 11.6. The summed E-state index contributed by atoms with van der Waals surface area (Å²) >= 11 is 0. The third kappa shape index (κ3) is 4.87. The molecule has 0 aliphatic carbocycles. The molecule has 17 heavy (non-hydrogen) atoms. The summed E-state index contributed by atoms with van der Waals surface area (Å²) in [4.78, 5) is 22.4. The second-order valence-electron chi connectivity index (χ2n) is 4.06. The SMILES string of the molecule is C#CCC(NC(=O)CC1CCCCO1)C(=O)O. The summed E-state index contributed by atoms with van der Waals surface area (Å²) in [5.74, 6) is 0.801. The van der Waals surface area contributed by atoms with Crippen molar-refractivity contribution in [2.45, 2.75) is 44.2 Å². The highest BCUT2D eigenvalue weighted by atomic mass is 16.5. The summed E-state index contributed by atoms with van der Waals surface area (Å²) in [5, 5.41) is 11.2. The monoisotopic (exact) mass is 239 g/mol. The number of hydrogen-bond donors (Lipinski definition) is 2. The van der Waals surface area contributed by atoms with Crippen LogP contribution in [0.1, 0.15) is 32.1 Å². The van der Waals surface area contributed by atoms with Gasteiger partial charge in [0.1, 0.15) is 6.04 Å². The fourth-order valence-corrected chi connectivity index (χ4v) is 1.75. The fraction of sp³-hybridized carbons (Fsp3) is 0.667. The van der Waals surface area contributed by atoms with E-state index in [0.717, 1.165) is 19.3 Å². The van der Waals surface area contributed by atoms with Crippen LogP contribution in [0.3, 0.4) is 0 Å². The number of rotatable bonds is 5. The Morgan fingerprint density at radius 2 is 2.29 bits per heavy atom. The summed E-state index contributed by atoms with van der Waals surface area (Å²) in [6.45, 7) is 0.671. The molecule has 0 aromatic rings. The molecule has 0 bridgehead atoms. The molecule has 0 saturated carbocycles. The van der Waals surface area contributed by atoms with Gasteiger partial charge in [-0.3, -0.25) is 4.79 Å². The molecule has 1 saturated heterocycles. The number of carboxylic acid groups (broad SMARTS) is 1. The predicted molar refractivity (Wildman–Crippen MR) is 61.2 cm³/mol. The lowest BCUT2D eigenvalue weighted by Gasteiger charge is -2.22. The third-order valence-corrected chi connectivity index (χ3v) is 2.64. The first-order chi connectivity index (χ1) is 8.13. The van der Waals surface area contributed by atoms with Crippen molar-refractivity contribution in [3.63, 3.8) is 0 Å². The number of hydrogen-bond acceptors (Lipinski definition) is 3. The Balaban J connectivity index is 2.36. The minimum absolute atomic E-state index is 0.00734. The van der Waals surface area contributed by atoms with Crippen molar-refractivity contribution in [3.05, 3.63) is 0 Å². The fourth-order valence-electron chi connectivity index (χ4n) is 1.75. The molecule has 0 radical (unpaired) electrons. The molecule has 2 unspecified atom stereocenters. The Morgan fingerprint density at radius 1 is 1.53 bits per heavy atom. The van der Waals surface area contributed by atoms with E-state index in [2.05, 4.69) is 11.2 Å². The van der Waals surface area contributed by atoms with Gasteiger partial charge in [0.2, 0.25) is 5.91 Å². The van der Waals surface area contributed by atoms with Gasteiger partial charge in [0.25, 0.3) is 0 Å².